The number of fused-ring (bicyclic) bond motifs is 3. The standard InChI is InChI=1S/C27H29ClFN7OS/c1-35-9-3-4-15(35)13-37-27-33-24-17(25(34-27)36-11-14-7-8-31-19(14)12-36)10-18(28)21(22(24)29)16-5-2-6-20-23(16)32-26(30)38-20/h2,5-6,10,14-15,19,31H,3-4,7-9,11-13H2,1H3,(H2,30,32)/t14?,15-,19?/m0/s1. The average Bonchev–Trinajstić information content (AvgIpc) is 3.67. The molecule has 2 aromatic carbocycles. The molecule has 2 aromatic heterocycles. The van der Waals surface area contributed by atoms with Gasteiger partial charge in [0.2, 0.25) is 0 Å². The maximum Gasteiger partial charge on any atom is 0.319 e. The van der Waals surface area contributed by atoms with Crippen LogP contribution in [0.5, 0.6) is 6.01 Å². The number of nitrogens with zero attached hydrogens (tertiary/aromatic N) is 5. The van der Waals surface area contributed by atoms with Crippen LogP contribution < -0.4 is 20.7 Å². The fourth-order valence-electron chi connectivity index (χ4n) is 6.26. The second-order valence-corrected chi connectivity index (χ2v) is 12.0. The van der Waals surface area contributed by atoms with Gasteiger partial charge in [0.25, 0.3) is 0 Å². The number of benzene rings is 2. The van der Waals surface area contributed by atoms with Crippen molar-refractivity contribution in [1.29, 1.82) is 0 Å². The minimum absolute atomic E-state index is 0.195. The van der Waals surface area contributed by atoms with Crippen molar-refractivity contribution in [3.8, 4) is 17.1 Å². The lowest BCUT2D eigenvalue weighted by Gasteiger charge is -2.23. The molecule has 5 heterocycles. The summed E-state index contributed by atoms with van der Waals surface area (Å²) in [7, 11) is 2.10. The summed E-state index contributed by atoms with van der Waals surface area (Å²) in [5, 5.41) is 4.89. The van der Waals surface area contributed by atoms with Gasteiger partial charge in [0, 0.05) is 41.7 Å². The van der Waals surface area contributed by atoms with Gasteiger partial charge in [-0.2, -0.15) is 9.97 Å². The van der Waals surface area contributed by atoms with Gasteiger partial charge in [0.15, 0.2) is 10.9 Å². The van der Waals surface area contributed by atoms with E-state index in [-0.39, 0.29) is 22.1 Å². The lowest BCUT2D eigenvalue weighted by molar-refractivity contribution is 0.188. The maximum atomic E-state index is 16.5. The lowest BCUT2D eigenvalue weighted by Crippen LogP contribution is -2.31. The van der Waals surface area contributed by atoms with Crippen LogP contribution in [0.1, 0.15) is 19.3 Å². The number of para-hydroxylation sites is 1. The number of hydrogen-bond acceptors (Lipinski definition) is 9. The van der Waals surface area contributed by atoms with Crippen LogP contribution in [0.15, 0.2) is 24.3 Å². The van der Waals surface area contributed by atoms with Crippen LogP contribution in [-0.2, 0) is 0 Å². The lowest BCUT2D eigenvalue weighted by atomic mass is 10.0. The van der Waals surface area contributed by atoms with E-state index in [0.717, 1.165) is 50.1 Å². The second-order valence-electron chi connectivity index (χ2n) is 10.6. The molecule has 0 amide bonds. The van der Waals surface area contributed by atoms with Crippen molar-refractivity contribution >= 4 is 55.0 Å². The minimum Gasteiger partial charge on any atom is -0.462 e. The number of thiazole rings is 1. The molecule has 11 heteroatoms. The first-order chi connectivity index (χ1) is 18.5. The van der Waals surface area contributed by atoms with E-state index >= 15 is 4.39 Å². The molecular formula is C27H29ClFN7OS. The molecule has 3 atom stereocenters. The smallest absolute Gasteiger partial charge is 0.319 e. The van der Waals surface area contributed by atoms with Crippen molar-refractivity contribution in [3.05, 3.63) is 35.1 Å². The minimum atomic E-state index is -0.504. The van der Waals surface area contributed by atoms with Gasteiger partial charge < -0.3 is 25.6 Å². The first kappa shape index (κ1) is 24.3. The molecule has 0 radical (unpaired) electrons. The summed E-state index contributed by atoms with van der Waals surface area (Å²) in [6.07, 6.45) is 3.33. The number of likely N-dealkylation sites (N-methyl/N-ethyl adjacent to an activating group) is 1. The number of anilines is 2. The van der Waals surface area contributed by atoms with Crippen LogP contribution in [0.25, 0.3) is 32.2 Å². The highest BCUT2D eigenvalue weighted by Crippen LogP contribution is 2.42. The van der Waals surface area contributed by atoms with Gasteiger partial charge in [-0.05, 0) is 57.5 Å². The number of likely N-dealkylation sites (tertiary alicyclic amines) is 1. The van der Waals surface area contributed by atoms with Gasteiger partial charge in [-0.3, -0.25) is 0 Å². The number of nitrogens with one attached hydrogen (secondary N) is 1. The SMILES string of the molecule is CN1CCC[C@H]1COc1nc(N2CC3CCNC3C2)c2cc(Cl)c(-c3cccc4sc(N)nc34)c(F)c2n1. The Morgan fingerprint density at radius 3 is 2.92 bits per heavy atom. The van der Waals surface area contributed by atoms with Crippen molar-refractivity contribution in [1.82, 2.24) is 25.2 Å². The van der Waals surface area contributed by atoms with Gasteiger partial charge >= 0.3 is 6.01 Å². The van der Waals surface area contributed by atoms with Crippen LogP contribution in [-0.4, -0.2) is 71.8 Å². The average molecular weight is 554 g/mol. The van der Waals surface area contributed by atoms with Crippen molar-refractivity contribution in [2.45, 2.75) is 31.3 Å². The molecule has 8 nitrogen and oxygen atoms in total. The topological polar surface area (TPSA) is 92.4 Å². The Morgan fingerprint density at radius 2 is 2.11 bits per heavy atom. The molecule has 3 aliphatic rings. The summed E-state index contributed by atoms with van der Waals surface area (Å²) < 4.78 is 23.5. The predicted octanol–water partition coefficient (Wildman–Crippen LogP) is 4.55. The van der Waals surface area contributed by atoms with Crippen LogP contribution in [0, 0.1) is 11.7 Å². The Kier molecular flexibility index (Phi) is 6.03. The molecule has 38 heavy (non-hydrogen) atoms. The predicted molar refractivity (Wildman–Crippen MR) is 151 cm³/mol. The first-order valence-corrected chi connectivity index (χ1v) is 14.3. The van der Waals surface area contributed by atoms with E-state index in [1.165, 1.54) is 11.3 Å². The zero-order valence-corrected chi connectivity index (χ0v) is 22.7. The van der Waals surface area contributed by atoms with Gasteiger partial charge in [0.05, 0.1) is 15.2 Å². The Bertz CT molecular complexity index is 1540. The molecule has 4 aromatic rings. The summed E-state index contributed by atoms with van der Waals surface area (Å²) >= 11 is 8.17. The van der Waals surface area contributed by atoms with Crippen LogP contribution in [0.4, 0.5) is 15.3 Å². The molecule has 0 spiro atoms. The van der Waals surface area contributed by atoms with Crippen LogP contribution in [0.3, 0.4) is 0 Å². The van der Waals surface area contributed by atoms with Crippen molar-refractivity contribution < 1.29 is 9.13 Å². The van der Waals surface area contributed by atoms with Gasteiger partial charge in [0.1, 0.15) is 17.9 Å². The zero-order valence-electron chi connectivity index (χ0n) is 21.1. The second kappa shape index (κ2) is 9.44. The first-order valence-electron chi connectivity index (χ1n) is 13.1. The number of hydrogen-bond donors (Lipinski definition) is 2. The van der Waals surface area contributed by atoms with E-state index in [9.17, 15) is 0 Å². The third kappa shape index (κ3) is 4.05. The molecule has 0 aliphatic carbocycles. The van der Waals surface area contributed by atoms with E-state index in [4.69, 9.17) is 27.1 Å². The summed E-state index contributed by atoms with van der Waals surface area (Å²) in [6.45, 7) is 4.21. The van der Waals surface area contributed by atoms with E-state index in [1.54, 1.807) is 6.07 Å². The van der Waals surface area contributed by atoms with Crippen LogP contribution >= 0.6 is 22.9 Å². The maximum absolute atomic E-state index is 16.5. The fraction of sp³-hybridized carbons (Fsp3) is 0.444. The number of nitrogens with two attached hydrogens (primary N) is 1. The van der Waals surface area contributed by atoms with E-state index in [0.29, 0.717) is 52.0 Å². The molecule has 3 saturated heterocycles. The highest BCUT2D eigenvalue weighted by molar-refractivity contribution is 7.22. The van der Waals surface area contributed by atoms with E-state index in [2.05, 4.69) is 32.1 Å². The highest BCUT2D eigenvalue weighted by atomic mass is 35.5. The van der Waals surface area contributed by atoms with Gasteiger partial charge in [-0.1, -0.05) is 35.1 Å². The molecule has 198 valence electrons. The van der Waals surface area contributed by atoms with Crippen LogP contribution in [0.2, 0.25) is 5.02 Å². The van der Waals surface area contributed by atoms with E-state index in [1.807, 2.05) is 18.2 Å². The molecule has 3 fully saturated rings. The number of rotatable bonds is 5. The van der Waals surface area contributed by atoms with Gasteiger partial charge in [-0.25, -0.2) is 9.37 Å². The van der Waals surface area contributed by atoms with Gasteiger partial charge in [-0.15, -0.1) is 0 Å². The largest absolute Gasteiger partial charge is 0.462 e. The normalized spacial score (nSPS) is 23.7. The van der Waals surface area contributed by atoms with Crippen molar-refractivity contribution in [2.24, 2.45) is 5.92 Å². The molecule has 7 rings (SSSR count). The summed E-state index contributed by atoms with van der Waals surface area (Å²) in [4.78, 5) is 18.4. The number of nitrogen functional groups attached to an aromatic ring is 1. The zero-order chi connectivity index (χ0) is 26.0. The van der Waals surface area contributed by atoms with Crippen molar-refractivity contribution in [2.75, 3.05) is 50.5 Å². The Balaban J connectivity index is 1.36. The monoisotopic (exact) mass is 553 g/mol. The number of ether oxygens (including phenoxy) is 1. The molecule has 0 saturated carbocycles. The molecular weight excluding hydrogens is 525 g/mol. The van der Waals surface area contributed by atoms with E-state index < -0.39 is 5.82 Å². The summed E-state index contributed by atoms with van der Waals surface area (Å²) in [5.74, 6) is 0.712. The molecule has 0 bridgehead atoms. The Labute approximate surface area is 229 Å². The molecule has 3 N–H and O–H groups in total. The summed E-state index contributed by atoms with van der Waals surface area (Å²) in [5.41, 5.74) is 7.67. The third-order valence-electron chi connectivity index (χ3n) is 8.29. The van der Waals surface area contributed by atoms with Crippen molar-refractivity contribution in [3.63, 3.8) is 0 Å². The number of halogens is 2. The Hall–Kier alpha value is -2.79. The highest BCUT2D eigenvalue weighted by Gasteiger charge is 2.38. The Morgan fingerprint density at radius 1 is 1.21 bits per heavy atom. The number of aromatic nitrogens is 3. The third-order valence-corrected chi connectivity index (χ3v) is 9.43. The quantitative estimate of drug-likeness (QED) is 0.372. The molecule has 2 unspecified atom stereocenters. The molecule has 3 aliphatic heterocycles. The fourth-order valence-corrected chi connectivity index (χ4v) is 7.32. The summed E-state index contributed by atoms with van der Waals surface area (Å²) in [6, 6.07) is 8.29.